The summed E-state index contributed by atoms with van der Waals surface area (Å²) in [5.74, 6) is -1.50. The van der Waals surface area contributed by atoms with Gasteiger partial charge in [-0.2, -0.15) is 11.8 Å². The highest BCUT2D eigenvalue weighted by Gasteiger charge is 2.34. The summed E-state index contributed by atoms with van der Waals surface area (Å²) in [5.41, 5.74) is 6.85. The summed E-state index contributed by atoms with van der Waals surface area (Å²) < 4.78 is 4.05. The first-order valence-electron chi connectivity index (χ1n) is 7.02. The van der Waals surface area contributed by atoms with Gasteiger partial charge in [-0.15, -0.1) is 0 Å². The maximum absolute atomic E-state index is 11.6. The quantitative estimate of drug-likeness (QED) is 0.710. The monoisotopic (exact) mass is 325 g/mol. The number of ether oxygens (including phenoxy) is 1. The Bertz CT molecular complexity index is 504. The third-order valence-corrected chi connectivity index (χ3v) is 5.10. The molecule has 122 valence electrons. The minimum absolute atomic E-state index is 0.377. The maximum Gasteiger partial charge on any atom is 0.324 e. The zero-order valence-corrected chi connectivity index (χ0v) is 13.9. The number of thioether (sulfide) groups is 1. The van der Waals surface area contributed by atoms with E-state index < -0.39 is 28.6 Å². The fraction of sp³-hybridized carbons (Fsp3) is 0.500. The van der Waals surface area contributed by atoms with Crippen LogP contribution in [0.15, 0.2) is 30.3 Å². The van der Waals surface area contributed by atoms with Crippen LogP contribution in [0, 0.1) is 5.92 Å². The first-order valence-corrected chi connectivity index (χ1v) is 8.00. The number of esters is 1. The van der Waals surface area contributed by atoms with Crippen molar-refractivity contribution in [2.24, 2.45) is 11.7 Å². The molecule has 5 nitrogen and oxygen atoms in total. The second kappa shape index (κ2) is 8.19. The summed E-state index contributed by atoms with van der Waals surface area (Å²) >= 11 is 1.38. The number of carbonyl (C=O) groups is 2. The van der Waals surface area contributed by atoms with Crippen LogP contribution >= 0.6 is 11.8 Å². The third kappa shape index (κ3) is 5.35. The third-order valence-electron chi connectivity index (χ3n) is 3.53. The highest BCUT2D eigenvalue weighted by Crippen LogP contribution is 2.30. The SMILES string of the molecule is COC(=O)[C@H](N)C(C)(C)SCC(Cc1ccccc1)C(=O)O. The number of rotatable bonds is 8. The Morgan fingerprint density at radius 1 is 1.32 bits per heavy atom. The Morgan fingerprint density at radius 3 is 2.41 bits per heavy atom. The van der Waals surface area contributed by atoms with Crippen molar-refractivity contribution in [2.45, 2.75) is 31.1 Å². The maximum atomic E-state index is 11.6. The minimum atomic E-state index is -0.848. The summed E-state index contributed by atoms with van der Waals surface area (Å²) in [6.45, 7) is 3.64. The second-order valence-electron chi connectivity index (χ2n) is 5.64. The number of carboxylic acid groups (broad SMARTS) is 1. The van der Waals surface area contributed by atoms with E-state index in [9.17, 15) is 14.7 Å². The number of carbonyl (C=O) groups excluding carboxylic acids is 1. The highest BCUT2D eigenvalue weighted by molar-refractivity contribution is 8.00. The van der Waals surface area contributed by atoms with Gasteiger partial charge in [-0.25, -0.2) is 0 Å². The van der Waals surface area contributed by atoms with E-state index in [0.29, 0.717) is 12.2 Å². The topological polar surface area (TPSA) is 89.6 Å². The molecule has 3 N–H and O–H groups in total. The number of hydrogen-bond acceptors (Lipinski definition) is 5. The van der Waals surface area contributed by atoms with Gasteiger partial charge in [-0.3, -0.25) is 9.59 Å². The van der Waals surface area contributed by atoms with Crippen LogP contribution in [0.1, 0.15) is 19.4 Å². The molecule has 0 aliphatic rings. The summed E-state index contributed by atoms with van der Waals surface area (Å²) in [4.78, 5) is 23.0. The lowest BCUT2D eigenvalue weighted by atomic mass is 10.0. The van der Waals surface area contributed by atoms with Gasteiger partial charge < -0.3 is 15.6 Å². The molecule has 2 atom stereocenters. The molecule has 0 aliphatic carbocycles. The molecular weight excluding hydrogens is 302 g/mol. The summed E-state index contributed by atoms with van der Waals surface area (Å²) in [5, 5.41) is 9.39. The van der Waals surface area contributed by atoms with Gasteiger partial charge in [0.25, 0.3) is 0 Å². The van der Waals surface area contributed by atoms with Gasteiger partial charge in [-0.1, -0.05) is 30.3 Å². The molecular formula is C16H23NO4S. The van der Waals surface area contributed by atoms with Crippen LogP contribution in [0.4, 0.5) is 0 Å². The average Bonchev–Trinajstić information content (AvgIpc) is 2.50. The fourth-order valence-corrected chi connectivity index (χ4v) is 3.10. The molecule has 0 heterocycles. The van der Waals surface area contributed by atoms with Crippen molar-refractivity contribution in [1.82, 2.24) is 0 Å². The Kier molecular flexibility index (Phi) is 6.90. The van der Waals surface area contributed by atoms with Crippen LogP contribution in [0.25, 0.3) is 0 Å². The number of nitrogens with two attached hydrogens (primary N) is 1. The zero-order chi connectivity index (χ0) is 16.8. The largest absolute Gasteiger partial charge is 0.481 e. The van der Waals surface area contributed by atoms with E-state index in [1.807, 2.05) is 44.2 Å². The second-order valence-corrected chi connectivity index (χ2v) is 7.31. The van der Waals surface area contributed by atoms with Crippen molar-refractivity contribution in [3.05, 3.63) is 35.9 Å². The number of hydrogen-bond donors (Lipinski definition) is 2. The van der Waals surface area contributed by atoms with Crippen LogP contribution < -0.4 is 5.73 Å². The molecule has 0 radical (unpaired) electrons. The number of methoxy groups -OCH3 is 1. The van der Waals surface area contributed by atoms with Gasteiger partial charge in [0.15, 0.2) is 0 Å². The molecule has 0 amide bonds. The Morgan fingerprint density at radius 2 is 1.91 bits per heavy atom. The minimum Gasteiger partial charge on any atom is -0.481 e. The van der Waals surface area contributed by atoms with Crippen LogP contribution in [0.2, 0.25) is 0 Å². The van der Waals surface area contributed by atoms with E-state index in [1.165, 1.54) is 18.9 Å². The van der Waals surface area contributed by atoms with Crippen LogP contribution in [-0.2, 0) is 20.7 Å². The van der Waals surface area contributed by atoms with Gasteiger partial charge in [0.2, 0.25) is 0 Å². The Balaban J connectivity index is 2.68. The molecule has 0 bridgehead atoms. The van der Waals surface area contributed by atoms with E-state index in [2.05, 4.69) is 4.74 Å². The van der Waals surface area contributed by atoms with Gasteiger partial charge in [0, 0.05) is 10.5 Å². The van der Waals surface area contributed by atoms with Crippen molar-refractivity contribution in [2.75, 3.05) is 12.9 Å². The zero-order valence-electron chi connectivity index (χ0n) is 13.1. The van der Waals surface area contributed by atoms with Gasteiger partial charge in [0.05, 0.1) is 13.0 Å². The summed E-state index contributed by atoms with van der Waals surface area (Å²) in [6.07, 6.45) is 0.451. The van der Waals surface area contributed by atoms with E-state index in [-0.39, 0.29) is 0 Å². The first-order chi connectivity index (χ1) is 10.3. The highest BCUT2D eigenvalue weighted by atomic mass is 32.2. The summed E-state index contributed by atoms with van der Waals surface area (Å²) in [6, 6.07) is 8.69. The predicted molar refractivity (Wildman–Crippen MR) is 87.8 cm³/mol. The van der Waals surface area contributed by atoms with Crippen molar-refractivity contribution in [1.29, 1.82) is 0 Å². The molecule has 6 heteroatoms. The number of carboxylic acids is 1. The number of benzene rings is 1. The molecule has 1 unspecified atom stereocenters. The average molecular weight is 325 g/mol. The predicted octanol–water partition coefficient (Wildman–Crippen LogP) is 1.94. The molecule has 0 aliphatic heterocycles. The van der Waals surface area contributed by atoms with Crippen molar-refractivity contribution < 1.29 is 19.4 Å². The van der Waals surface area contributed by atoms with Crippen molar-refractivity contribution >= 4 is 23.7 Å². The summed E-state index contributed by atoms with van der Waals surface area (Å²) in [7, 11) is 1.29. The lowest BCUT2D eigenvalue weighted by Crippen LogP contribution is -2.48. The van der Waals surface area contributed by atoms with Crippen molar-refractivity contribution in [3.8, 4) is 0 Å². The fourth-order valence-electron chi connectivity index (χ4n) is 1.93. The van der Waals surface area contributed by atoms with Gasteiger partial charge in [0.1, 0.15) is 6.04 Å². The molecule has 1 aromatic rings. The van der Waals surface area contributed by atoms with Gasteiger partial charge in [-0.05, 0) is 25.8 Å². The van der Waals surface area contributed by atoms with E-state index in [4.69, 9.17) is 5.73 Å². The van der Waals surface area contributed by atoms with Crippen molar-refractivity contribution in [3.63, 3.8) is 0 Å². The molecule has 0 spiro atoms. The van der Waals surface area contributed by atoms with E-state index in [0.717, 1.165) is 5.56 Å². The van der Waals surface area contributed by atoms with E-state index in [1.54, 1.807) is 0 Å². The van der Waals surface area contributed by atoms with Gasteiger partial charge >= 0.3 is 11.9 Å². The molecule has 0 aromatic heterocycles. The molecule has 0 saturated carbocycles. The smallest absolute Gasteiger partial charge is 0.324 e. The lowest BCUT2D eigenvalue weighted by Gasteiger charge is -2.30. The molecule has 1 rings (SSSR count). The van der Waals surface area contributed by atoms with E-state index >= 15 is 0 Å². The lowest BCUT2D eigenvalue weighted by molar-refractivity contribution is -0.142. The normalized spacial score (nSPS) is 14.2. The molecule has 22 heavy (non-hydrogen) atoms. The van der Waals surface area contributed by atoms with Crippen LogP contribution in [0.3, 0.4) is 0 Å². The molecule has 1 aromatic carbocycles. The first kappa shape index (κ1) is 18.5. The Hall–Kier alpha value is -1.53. The number of aliphatic carboxylic acids is 1. The molecule has 0 saturated heterocycles. The molecule has 0 fully saturated rings. The Labute approximate surface area is 135 Å². The standard InChI is InChI=1S/C16H23NO4S/c1-16(2,13(17)15(20)21-3)22-10-12(14(18)19)9-11-7-5-4-6-8-11/h4-8,12-13H,9-10,17H2,1-3H3,(H,18,19)/t12?,13-/m0/s1. The van der Waals surface area contributed by atoms with Crippen LogP contribution in [0.5, 0.6) is 0 Å². The van der Waals surface area contributed by atoms with Crippen LogP contribution in [-0.4, -0.2) is 40.7 Å².